The van der Waals surface area contributed by atoms with Crippen molar-refractivity contribution in [2.75, 3.05) is 106 Å². The Morgan fingerprint density at radius 3 is 1.13 bits per heavy atom. The predicted molar refractivity (Wildman–Crippen MR) is 176 cm³/mol. The van der Waals surface area contributed by atoms with E-state index in [-0.39, 0.29) is 17.4 Å². The van der Waals surface area contributed by atoms with Crippen molar-refractivity contribution < 1.29 is 47.1 Å². The number of ether oxygens (including phenoxy) is 8. The molecule has 0 spiro atoms. The summed E-state index contributed by atoms with van der Waals surface area (Å²) in [5.74, 6) is -0.283. The van der Waals surface area contributed by atoms with Gasteiger partial charge in [-0.1, -0.05) is 81.4 Å². The van der Waals surface area contributed by atoms with Crippen LogP contribution in [-0.4, -0.2) is 120 Å². The van der Waals surface area contributed by atoms with Crippen LogP contribution in [0.4, 0.5) is 0 Å². The minimum atomic E-state index is -2.53. The van der Waals surface area contributed by atoms with Crippen molar-refractivity contribution in [2.45, 2.75) is 32.2 Å². The Morgan fingerprint density at radius 1 is 0.511 bits per heavy atom. The van der Waals surface area contributed by atoms with E-state index < -0.39 is 8.32 Å². The molecule has 0 saturated heterocycles. The minimum Gasteiger partial charge on any atom is -0.469 e. The highest BCUT2D eigenvalue weighted by Crippen LogP contribution is 2.36. The van der Waals surface area contributed by atoms with Gasteiger partial charge in [-0.15, -0.1) is 0 Å². The molecule has 10 nitrogen and oxygen atoms in total. The second-order valence-electron chi connectivity index (χ2n) is 11.1. The number of hydrogen-bond donors (Lipinski definition) is 0. The van der Waals surface area contributed by atoms with Gasteiger partial charge >= 0.3 is 5.97 Å². The number of methoxy groups -OCH3 is 1. The van der Waals surface area contributed by atoms with Crippen LogP contribution < -0.4 is 10.4 Å². The van der Waals surface area contributed by atoms with E-state index in [4.69, 9.17) is 37.6 Å². The summed E-state index contributed by atoms with van der Waals surface area (Å²) in [6.07, 6.45) is 0.247. The number of carbonyl (C=O) groups excluding carboxylic acids is 1. The van der Waals surface area contributed by atoms with Crippen molar-refractivity contribution in [3.8, 4) is 0 Å². The predicted octanol–water partition coefficient (Wildman–Crippen LogP) is 3.24. The first-order valence-electron chi connectivity index (χ1n) is 15.8. The lowest BCUT2D eigenvalue weighted by Crippen LogP contribution is -2.66. The van der Waals surface area contributed by atoms with Crippen molar-refractivity contribution in [2.24, 2.45) is 0 Å². The van der Waals surface area contributed by atoms with E-state index in [0.29, 0.717) is 99.1 Å². The lowest BCUT2D eigenvalue weighted by molar-refractivity contribution is -0.141. The maximum absolute atomic E-state index is 10.9. The molecule has 0 unspecified atom stereocenters. The molecule has 0 bridgehead atoms. The van der Waals surface area contributed by atoms with Crippen molar-refractivity contribution in [3.05, 3.63) is 60.7 Å². The molecule has 0 fully saturated rings. The van der Waals surface area contributed by atoms with Crippen LogP contribution in [0.3, 0.4) is 0 Å². The molecule has 0 atom stereocenters. The molecule has 2 aromatic carbocycles. The van der Waals surface area contributed by atoms with E-state index >= 15 is 0 Å². The zero-order valence-corrected chi connectivity index (χ0v) is 28.7. The fourth-order valence-corrected chi connectivity index (χ4v) is 9.24. The third-order valence-corrected chi connectivity index (χ3v) is 11.9. The van der Waals surface area contributed by atoms with Gasteiger partial charge in [0.1, 0.15) is 0 Å². The second kappa shape index (κ2) is 24.0. The number of hydrogen-bond acceptors (Lipinski definition) is 10. The smallest absolute Gasteiger partial charge is 0.307 e. The van der Waals surface area contributed by atoms with Crippen LogP contribution in [0.5, 0.6) is 0 Å². The summed E-state index contributed by atoms with van der Waals surface area (Å²) in [4.78, 5) is 10.9. The maximum atomic E-state index is 10.9. The van der Waals surface area contributed by atoms with Gasteiger partial charge in [0.2, 0.25) is 0 Å². The topological polar surface area (TPSA) is 100 Å². The van der Waals surface area contributed by atoms with Gasteiger partial charge in [0.25, 0.3) is 8.32 Å². The SMILES string of the molecule is COC(=O)CCOCCOCCOCCOCCOCCOCCOCCO[Si](c1ccccc1)(c1ccccc1)C(C)(C)C. The first-order valence-corrected chi connectivity index (χ1v) is 17.7. The Hall–Kier alpha value is -2.19. The Labute approximate surface area is 270 Å². The number of carbonyl (C=O) groups is 1. The normalized spacial score (nSPS) is 12.0. The summed E-state index contributed by atoms with van der Waals surface area (Å²) >= 11 is 0. The summed E-state index contributed by atoms with van der Waals surface area (Å²) < 4.78 is 50.0. The molecular weight excluding hydrogens is 596 g/mol. The second-order valence-corrected chi connectivity index (χ2v) is 15.4. The van der Waals surface area contributed by atoms with Crippen LogP contribution in [0.15, 0.2) is 60.7 Å². The molecule has 2 aromatic rings. The number of esters is 1. The molecule has 2 rings (SSSR count). The van der Waals surface area contributed by atoms with Crippen molar-refractivity contribution in [1.82, 2.24) is 0 Å². The molecule has 254 valence electrons. The molecule has 0 radical (unpaired) electrons. The Morgan fingerprint density at radius 2 is 0.822 bits per heavy atom. The van der Waals surface area contributed by atoms with Gasteiger partial charge in [-0.3, -0.25) is 4.79 Å². The zero-order chi connectivity index (χ0) is 32.5. The molecule has 11 heteroatoms. The summed E-state index contributed by atoms with van der Waals surface area (Å²) in [5.41, 5.74) is 0. The van der Waals surface area contributed by atoms with Crippen LogP contribution in [-0.2, 0) is 47.1 Å². The Kier molecular flexibility index (Phi) is 20.8. The number of benzene rings is 2. The fourth-order valence-electron chi connectivity index (χ4n) is 4.69. The summed E-state index contributed by atoms with van der Waals surface area (Å²) in [6.45, 7) is 14.0. The van der Waals surface area contributed by atoms with E-state index in [9.17, 15) is 4.79 Å². The largest absolute Gasteiger partial charge is 0.469 e. The van der Waals surface area contributed by atoms with Crippen LogP contribution in [0.1, 0.15) is 27.2 Å². The van der Waals surface area contributed by atoms with E-state index in [1.54, 1.807) is 0 Å². The average molecular weight is 651 g/mol. The average Bonchev–Trinajstić information content (AvgIpc) is 3.05. The highest BCUT2D eigenvalue weighted by atomic mass is 28.4. The summed E-state index contributed by atoms with van der Waals surface area (Å²) in [7, 11) is -1.18. The molecule has 0 aliphatic rings. The van der Waals surface area contributed by atoms with E-state index in [0.717, 1.165) is 0 Å². The van der Waals surface area contributed by atoms with Gasteiger partial charge in [0.15, 0.2) is 0 Å². The van der Waals surface area contributed by atoms with Crippen molar-refractivity contribution in [1.29, 1.82) is 0 Å². The lowest BCUT2D eigenvalue weighted by atomic mass is 10.2. The highest BCUT2D eigenvalue weighted by Gasteiger charge is 2.49. The van der Waals surface area contributed by atoms with Gasteiger partial charge in [-0.25, -0.2) is 0 Å². The molecule has 0 aromatic heterocycles. The van der Waals surface area contributed by atoms with E-state index in [1.807, 2.05) is 0 Å². The van der Waals surface area contributed by atoms with Crippen LogP contribution in [0.2, 0.25) is 5.04 Å². The van der Waals surface area contributed by atoms with Crippen LogP contribution >= 0.6 is 0 Å². The standard InChI is InChI=1S/C34H54O10Si/c1-34(2,3)45(31-11-7-5-8-12-31,32-13-9-6-10-14-32)44-30-29-43-28-27-42-26-25-41-24-23-40-22-21-39-20-19-38-18-17-37-16-15-33(35)36-4/h5-14H,15-30H2,1-4H3. The molecule has 0 N–H and O–H groups in total. The Balaban J connectivity index is 1.43. The van der Waals surface area contributed by atoms with Gasteiger partial charge in [-0.05, 0) is 15.4 Å². The summed E-state index contributed by atoms with van der Waals surface area (Å²) in [6, 6.07) is 21.2. The monoisotopic (exact) mass is 650 g/mol. The van der Waals surface area contributed by atoms with Crippen molar-refractivity contribution in [3.63, 3.8) is 0 Å². The zero-order valence-electron chi connectivity index (χ0n) is 27.7. The first-order chi connectivity index (χ1) is 21.9. The van der Waals surface area contributed by atoms with E-state index in [2.05, 4.69) is 86.2 Å². The van der Waals surface area contributed by atoms with Gasteiger partial charge < -0.3 is 42.3 Å². The molecule has 0 saturated carbocycles. The third-order valence-electron chi connectivity index (χ3n) is 6.87. The molecule has 0 aliphatic carbocycles. The molecule has 45 heavy (non-hydrogen) atoms. The summed E-state index contributed by atoms with van der Waals surface area (Å²) in [5, 5.41) is 2.47. The Bertz CT molecular complexity index is 948. The van der Waals surface area contributed by atoms with Crippen LogP contribution in [0, 0.1) is 0 Å². The quantitative estimate of drug-likeness (QED) is 0.0814. The fraction of sp³-hybridized carbons (Fsp3) is 0.618. The molecular formula is C34H54O10Si. The van der Waals surface area contributed by atoms with Crippen molar-refractivity contribution >= 4 is 24.7 Å². The molecule has 0 amide bonds. The van der Waals surface area contributed by atoms with Gasteiger partial charge in [0.05, 0.1) is 113 Å². The highest BCUT2D eigenvalue weighted by molar-refractivity contribution is 6.99. The van der Waals surface area contributed by atoms with Crippen LogP contribution in [0.25, 0.3) is 0 Å². The molecule has 0 aliphatic heterocycles. The maximum Gasteiger partial charge on any atom is 0.307 e. The lowest BCUT2D eigenvalue weighted by Gasteiger charge is -2.43. The van der Waals surface area contributed by atoms with Gasteiger partial charge in [0, 0.05) is 0 Å². The molecule has 0 heterocycles. The van der Waals surface area contributed by atoms with E-state index in [1.165, 1.54) is 17.5 Å². The number of rotatable bonds is 27. The first kappa shape index (κ1) is 39.0. The minimum absolute atomic E-state index is 0.0558. The van der Waals surface area contributed by atoms with Gasteiger partial charge in [-0.2, -0.15) is 0 Å². The third kappa shape index (κ3) is 15.8.